The summed E-state index contributed by atoms with van der Waals surface area (Å²) >= 11 is 4.67. The summed E-state index contributed by atoms with van der Waals surface area (Å²) in [7, 11) is 0. The van der Waals surface area contributed by atoms with Crippen molar-refractivity contribution in [3.05, 3.63) is 21.2 Å². The molecule has 0 saturated carbocycles. The minimum atomic E-state index is 0.150. The Morgan fingerprint density at radius 3 is 3.00 bits per heavy atom. The lowest BCUT2D eigenvalue weighted by Gasteiger charge is -2.06. The number of hydrogen-bond acceptors (Lipinski definition) is 2. The first kappa shape index (κ1) is 9.99. The SMILES string of the molecule is CC(CBr)CCn1ccsc1=O. The summed E-state index contributed by atoms with van der Waals surface area (Å²) < 4.78 is 1.77. The lowest BCUT2D eigenvalue weighted by atomic mass is 10.1. The van der Waals surface area contributed by atoms with Gasteiger partial charge in [-0.1, -0.05) is 34.2 Å². The predicted molar refractivity (Wildman–Crippen MR) is 56.2 cm³/mol. The second kappa shape index (κ2) is 4.82. The Balaban J connectivity index is 2.43. The van der Waals surface area contributed by atoms with E-state index in [0.717, 1.165) is 18.3 Å². The Morgan fingerprint density at radius 1 is 1.75 bits per heavy atom. The number of thiazole rings is 1. The fraction of sp³-hybridized carbons (Fsp3) is 0.625. The van der Waals surface area contributed by atoms with E-state index in [1.54, 1.807) is 4.57 Å². The molecule has 1 rings (SSSR count). The third-order valence-corrected chi connectivity index (χ3v) is 3.57. The van der Waals surface area contributed by atoms with Crippen molar-refractivity contribution in [3.8, 4) is 0 Å². The molecule has 4 heteroatoms. The first-order valence-corrected chi connectivity index (χ1v) is 5.94. The molecule has 1 aromatic rings. The van der Waals surface area contributed by atoms with Gasteiger partial charge in [0.15, 0.2) is 0 Å². The lowest BCUT2D eigenvalue weighted by Crippen LogP contribution is -2.14. The quantitative estimate of drug-likeness (QED) is 0.752. The van der Waals surface area contributed by atoms with Crippen molar-refractivity contribution in [2.45, 2.75) is 19.9 Å². The van der Waals surface area contributed by atoms with Gasteiger partial charge >= 0.3 is 4.87 Å². The topological polar surface area (TPSA) is 22.0 Å². The van der Waals surface area contributed by atoms with Crippen LogP contribution >= 0.6 is 27.3 Å². The number of nitrogens with zero attached hydrogens (tertiary/aromatic N) is 1. The van der Waals surface area contributed by atoms with Crippen molar-refractivity contribution in [3.63, 3.8) is 0 Å². The van der Waals surface area contributed by atoms with Crippen molar-refractivity contribution in [1.29, 1.82) is 0 Å². The van der Waals surface area contributed by atoms with Crippen LogP contribution in [0.1, 0.15) is 13.3 Å². The monoisotopic (exact) mass is 249 g/mol. The van der Waals surface area contributed by atoms with E-state index in [0.29, 0.717) is 5.92 Å². The highest BCUT2D eigenvalue weighted by molar-refractivity contribution is 9.09. The number of alkyl halides is 1. The summed E-state index contributed by atoms with van der Waals surface area (Å²) in [5.41, 5.74) is 0. The van der Waals surface area contributed by atoms with Crippen molar-refractivity contribution in [1.82, 2.24) is 4.57 Å². The third kappa shape index (κ3) is 2.75. The third-order valence-electron chi connectivity index (χ3n) is 1.77. The van der Waals surface area contributed by atoms with E-state index in [4.69, 9.17) is 0 Å². The average Bonchev–Trinajstić information content (AvgIpc) is 2.47. The van der Waals surface area contributed by atoms with Gasteiger partial charge in [0, 0.05) is 23.5 Å². The molecule has 0 saturated heterocycles. The number of hydrogen-bond donors (Lipinski definition) is 0. The van der Waals surface area contributed by atoms with E-state index in [1.165, 1.54) is 11.3 Å². The average molecular weight is 250 g/mol. The van der Waals surface area contributed by atoms with Crippen LogP contribution < -0.4 is 4.87 Å². The van der Waals surface area contributed by atoms with Crippen LogP contribution in [0.25, 0.3) is 0 Å². The highest BCUT2D eigenvalue weighted by atomic mass is 79.9. The van der Waals surface area contributed by atoms with Crippen LogP contribution in [0, 0.1) is 5.92 Å². The summed E-state index contributed by atoms with van der Waals surface area (Å²) in [6.45, 7) is 3.02. The summed E-state index contributed by atoms with van der Waals surface area (Å²) in [6.07, 6.45) is 2.91. The molecule has 0 N–H and O–H groups in total. The Labute approximate surface area is 84.4 Å². The van der Waals surface area contributed by atoms with E-state index >= 15 is 0 Å². The number of aromatic nitrogens is 1. The second-order valence-corrected chi connectivity index (χ2v) is 4.42. The molecule has 1 atom stereocenters. The van der Waals surface area contributed by atoms with Gasteiger partial charge in [-0.25, -0.2) is 0 Å². The zero-order valence-electron chi connectivity index (χ0n) is 7.00. The second-order valence-electron chi connectivity index (χ2n) is 2.91. The molecule has 0 aliphatic rings. The van der Waals surface area contributed by atoms with Gasteiger partial charge in [0.25, 0.3) is 0 Å². The molecular weight excluding hydrogens is 238 g/mol. The molecule has 0 aliphatic heterocycles. The van der Waals surface area contributed by atoms with Gasteiger partial charge in [-0.05, 0) is 12.3 Å². The molecule has 1 heterocycles. The van der Waals surface area contributed by atoms with E-state index in [1.807, 2.05) is 11.6 Å². The normalized spacial score (nSPS) is 13.2. The van der Waals surface area contributed by atoms with Gasteiger partial charge in [-0.15, -0.1) is 0 Å². The van der Waals surface area contributed by atoms with Gasteiger partial charge < -0.3 is 4.57 Å². The Bertz CT molecular complexity index is 281. The molecule has 2 nitrogen and oxygen atoms in total. The van der Waals surface area contributed by atoms with Crippen molar-refractivity contribution in [2.24, 2.45) is 5.92 Å². The minimum Gasteiger partial charge on any atom is -0.306 e. The Kier molecular flexibility index (Phi) is 4.01. The Morgan fingerprint density at radius 2 is 2.50 bits per heavy atom. The minimum absolute atomic E-state index is 0.150. The van der Waals surface area contributed by atoms with Crippen LogP contribution in [0.15, 0.2) is 16.4 Å². The van der Waals surface area contributed by atoms with Gasteiger partial charge in [0.2, 0.25) is 0 Å². The predicted octanol–water partition coefficient (Wildman–Crippen LogP) is 2.33. The van der Waals surface area contributed by atoms with E-state index in [2.05, 4.69) is 22.9 Å². The molecule has 0 spiro atoms. The van der Waals surface area contributed by atoms with E-state index in [-0.39, 0.29) is 4.87 Å². The zero-order valence-corrected chi connectivity index (χ0v) is 9.40. The maximum Gasteiger partial charge on any atom is 0.307 e. The molecular formula is C8H12BrNOS. The van der Waals surface area contributed by atoms with Crippen molar-refractivity contribution < 1.29 is 0 Å². The highest BCUT2D eigenvalue weighted by Gasteiger charge is 2.01. The molecule has 1 aromatic heterocycles. The molecule has 12 heavy (non-hydrogen) atoms. The molecule has 0 aromatic carbocycles. The molecule has 0 bridgehead atoms. The summed E-state index contributed by atoms with van der Waals surface area (Å²) in [4.78, 5) is 11.2. The van der Waals surface area contributed by atoms with Crippen LogP contribution in [0.4, 0.5) is 0 Å². The van der Waals surface area contributed by atoms with Gasteiger partial charge in [0.05, 0.1) is 0 Å². The largest absolute Gasteiger partial charge is 0.307 e. The van der Waals surface area contributed by atoms with Crippen LogP contribution in [-0.2, 0) is 6.54 Å². The highest BCUT2D eigenvalue weighted by Crippen LogP contribution is 2.06. The van der Waals surface area contributed by atoms with E-state index in [9.17, 15) is 4.79 Å². The first-order chi connectivity index (χ1) is 5.74. The maximum atomic E-state index is 11.1. The summed E-state index contributed by atoms with van der Waals surface area (Å²) in [5.74, 6) is 0.636. The van der Waals surface area contributed by atoms with Crippen molar-refractivity contribution >= 4 is 27.3 Å². The first-order valence-electron chi connectivity index (χ1n) is 3.94. The molecule has 0 aliphatic carbocycles. The molecule has 0 radical (unpaired) electrons. The van der Waals surface area contributed by atoms with Gasteiger partial charge in [-0.2, -0.15) is 0 Å². The number of rotatable bonds is 4. The van der Waals surface area contributed by atoms with Gasteiger partial charge in [-0.3, -0.25) is 4.79 Å². The Hall–Kier alpha value is -0.0900. The summed E-state index contributed by atoms with van der Waals surface area (Å²) in [5, 5.41) is 2.84. The van der Waals surface area contributed by atoms with Crippen LogP contribution in [-0.4, -0.2) is 9.90 Å². The van der Waals surface area contributed by atoms with Crippen LogP contribution in [0.5, 0.6) is 0 Å². The lowest BCUT2D eigenvalue weighted by molar-refractivity contribution is 0.521. The van der Waals surface area contributed by atoms with E-state index < -0.39 is 0 Å². The smallest absolute Gasteiger partial charge is 0.306 e. The molecule has 0 amide bonds. The zero-order chi connectivity index (χ0) is 8.97. The number of halogens is 1. The molecule has 68 valence electrons. The van der Waals surface area contributed by atoms with Gasteiger partial charge in [0.1, 0.15) is 0 Å². The standard InChI is InChI=1S/C8H12BrNOS/c1-7(6-9)2-3-10-4-5-12-8(10)11/h4-5,7H,2-3,6H2,1H3. The van der Waals surface area contributed by atoms with Crippen molar-refractivity contribution in [2.75, 3.05) is 5.33 Å². The molecule has 1 unspecified atom stereocenters. The fourth-order valence-corrected chi connectivity index (χ4v) is 1.83. The summed E-state index contributed by atoms with van der Waals surface area (Å²) in [6, 6.07) is 0. The number of aryl methyl sites for hydroxylation is 1. The molecule has 0 fully saturated rings. The fourth-order valence-electron chi connectivity index (χ4n) is 0.893. The van der Waals surface area contributed by atoms with Crippen LogP contribution in [0.2, 0.25) is 0 Å². The van der Waals surface area contributed by atoms with Crippen LogP contribution in [0.3, 0.4) is 0 Å². The maximum absolute atomic E-state index is 11.1.